The van der Waals surface area contributed by atoms with Crippen molar-refractivity contribution in [2.75, 3.05) is 31.2 Å². The number of aryl methyl sites for hydroxylation is 1. The lowest BCUT2D eigenvalue weighted by molar-refractivity contribution is -0.137. The van der Waals surface area contributed by atoms with Gasteiger partial charge in [-0.3, -0.25) is 10.2 Å². The predicted molar refractivity (Wildman–Crippen MR) is 146 cm³/mol. The van der Waals surface area contributed by atoms with E-state index in [1.165, 1.54) is 12.4 Å². The Morgan fingerprint density at radius 3 is 2.49 bits per heavy atom. The third-order valence-electron chi connectivity index (χ3n) is 6.27. The minimum absolute atomic E-state index is 0.0348. The number of nitrogens with zero attached hydrogens (tertiary/aromatic N) is 3. The SMILES string of the molecule is Cc1ccc(-c2cccc(C(F)(F)F)c2)cc1C#CC(=N)c1c(N)ncnc1NC1CCN(C)CC1.NC=O. The molecule has 1 amide bonds. The number of primary amides is 1. The molecule has 6 N–H and O–H groups in total. The number of nitrogens with two attached hydrogens (primary N) is 2. The molecule has 0 saturated carbocycles. The molecule has 0 bridgehead atoms. The second kappa shape index (κ2) is 12.9. The van der Waals surface area contributed by atoms with Gasteiger partial charge in [-0.15, -0.1) is 0 Å². The Labute approximate surface area is 225 Å². The van der Waals surface area contributed by atoms with Gasteiger partial charge in [-0.25, -0.2) is 9.97 Å². The van der Waals surface area contributed by atoms with Crippen molar-refractivity contribution in [3.63, 3.8) is 0 Å². The van der Waals surface area contributed by atoms with E-state index < -0.39 is 11.7 Å². The number of aromatic nitrogens is 2. The third kappa shape index (κ3) is 7.78. The van der Waals surface area contributed by atoms with Crippen LogP contribution in [0.5, 0.6) is 0 Å². The Balaban J connectivity index is 0.00000134. The molecular weight excluding hydrogens is 507 g/mol. The van der Waals surface area contributed by atoms with Crippen LogP contribution in [-0.4, -0.2) is 53.2 Å². The highest BCUT2D eigenvalue weighted by molar-refractivity contribution is 6.16. The molecule has 4 rings (SSSR count). The van der Waals surface area contributed by atoms with Crippen LogP contribution in [0.4, 0.5) is 24.8 Å². The Morgan fingerprint density at radius 1 is 1.15 bits per heavy atom. The van der Waals surface area contributed by atoms with Crippen LogP contribution >= 0.6 is 0 Å². The van der Waals surface area contributed by atoms with Crippen molar-refractivity contribution < 1.29 is 18.0 Å². The second-order valence-electron chi connectivity index (χ2n) is 9.07. The highest BCUT2D eigenvalue weighted by Gasteiger charge is 2.30. The van der Waals surface area contributed by atoms with Crippen molar-refractivity contribution in [1.82, 2.24) is 14.9 Å². The summed E-state index contributed by atoms with van der Waals surface area (Å²) >= 11 is 0. The van der Waals surface area contributed by atoms with E-state index in [0.717, 1.165) is 43.6 Å². The van der Waals surface area contributed by atoms with Crippen LogP contribution in [0.2, 0.25) is 0 Å². The van der Waals surface area contributed by atoms with Gasteiger partial charge in [0.25, 0.3) is 0 Å². The lowest BCUT2D eigenvalue weighted by Gasteiger charge is -2.30. The van der Waals surface area contributed by atoms with Crippen molar-refractivity contribution in [3.05, 3.63) is 71.0 Å². The van der Waals surface area contributed by atoms with Crippen LogP contribution in [0.3, 0.4) is 0 Å². The van der Waals surface area contributed by atoms with Gasteiger partial charge in [-0.05, 0) is 80.7 Å². The van der Waals surface area contributed by atoms with Crippen LogP contribution < -0.4 is 16.8 Å². The van der Waals surface area contributed by atoms with Gasteiger partial charge >= 0.3 is 6.18 Å². The number of carbonyl (C=O) groups is 1. The van der Waals surface area contributed by atoms with Gasteiger partial charge in [0.05, 0.1) is 11.1 Å². The molecule has 1 saturated heterocycles. The molecule has 11 heteroatoms. The number of hydrogen-bond donors (Lipinski definition) is 4. The zero-order valence-corrected chi connectivity index (χ0v) is 21.6. The largest absolute Gasteiger partial charge is 0.416 e. The van der Waals surface area contributed by atoms with E-state index in [0.29, 0.717) is 28.1 Å². The maximum Gasteiger partial charge on any atom is 0.416 e. The van der Waals surface area contributed by atoms with Crippen molar-refractivity contribution >= 4 is 23.8 Å². The number of amides is 1. The maximum absolute atomic E-state index is 13.2. The van der Waals surface area contributed by atoms with E-state index in [4.69, 9.17) is 15.9 Å². The van der Waals surface area contributed by atoms with Crippen molar-refractivity contribution in [1.29, 1.82) is 5.41 Å². The lowest BCUT2D eigenvalue weighted by Crippen LogP contribution is -2.37. The van der Waals surface area contributed by atoms with Crippen LogP contribution in [0, 0.1) is 24.2 Å². The number of anilines is 2. The van der Waals surface area contributed by atoms with E-state index in [1.807, 2.05) is 6.92 Å². The summed E-state index contributed by atoms with van der Waals surface area (Å²) in [5.74, 6) is 6.47. The van der Waals surface area contributed by atoms with Gasteiger partial charge in [-0.1, -0.05) is 30.2 Å². The number of nitrogen functional groups attached to an aromatic ring is 1. The number of carbonyl (C=O) groups excluding carboxylic acids is 1. The van der Waals surface area contributed by atoms with Gasteiger partial charge in [0.1, 0.15) is 23.7 Å². The van der Waals surface area contributed by atoms with E-state index in [9.17, 15) is 13.2 Å². The first-order valence-electron chi connectivity index (χ1n) is 12.1. The van der Waals surface area contributed by atoms with Crippen molar-refractivity contribution in [2.45, 2.75) is 32.0 Å². The number of alkyl halides is 3. The molecule has 0 radical (unpaired) electrons. The van der Waals surface area contributed by atoms with Gasteiger partial charge in [0.2, 0.25) is 6.41 Å². The van der Waals surface area contributed by atoms with E-state index in [1.54, 1.807) is 24.3 Å². The number of piperidine rings is 1. The Hall–Kier alpha value is -4.43. The summed E-state index contributed by atoms with van der Waals surface area (Å²) in [4.78, 5) is 19.2. The lowest BCUT2D eigenvalue weighted by atomic mass is 9.98. The molecule has 8 nitrogen and oxygen atoms in total. The summed E-state index contributed by atoms with van der Waals surface area (Å²) in [6.07, 6.45) is -0.921. The fourth-order valence-corrected chi connectivity index (χ4v) is 4.11. The summed E-state index contributed by atoms with van der Waals surface area (Å²) in [6, 6.07) is 10.7. The zero-order chi connectivity index (χ0) is 28.6. The molecule has 1 fully saturated rings. The number of halogens is 3. The van der Waals surface area contributed by atoms with Gasteiger partial charge in [-0.2, -0.15) is 13.2 Å². The van der Waals surface area contributed by atoms with Gasteiger partial charge in [0.15, 0.2) is 0 Å². The minimum atomic E-state index is -4.42. The smallest absolute Gasteiger partial charge is 0.383 e. The molecule has 3 aromatic rings. The normalized spacial score (nSPS) is 13.9. The molecule has 2 aromatic carbocycles. The molecule has 1 aliphatic heterocycles. The number of benzene rings is 2. The van der Waals surface area contributed by atoms with Crippen LogP contribution in [0.1, 0.15) is 35.1 Å². The highest BCUT2D eigenvalue weighted by atomic mass is 19.4. The maximum atomic E-state index is 13.2. The van der Waals surface area contributed by atoms with Gasteiger partial charge < -0.3 is 21.7 Å². The molecule has 0 spiro atoms. The predicted octanol–water partition coefficient (Wildman–Crippen LogP) is 4.08. The van der Waals surface area contributed by atoms with E-state index >= 15 is 0 Å². The van der Waals surface area contributed by atoms with Crippen LogP contribution in [-0.2, 0) is 11.0 Å². The summed E-state index contributed by atoms with van der Waals surface area (Å²) in [7, 11) is 2.08. The molecule has 1 aromatic heterocycles. The quantitative estimate of drug-likeness (QED) is 0.225. The summed E-state index contributed by atoms with van der Waals surface area (Å²) < 4.78 is 39.5. The summed E-state index contributed by atoms with van der Waals surface area (Å²) in [5, 5.41) is 12.0. The molecule has 0 unspecified atom stereocenters. The first-order chi connectivity index (χ1) is 18.5. The summed E-state index contributed by atoms with van der Waals surface area (Å²) in [5.41, 5.74) is 12.4. The summed E-state index contributed by atoms with van der Waals surface area (Å²) in [6.45, 7) is 3.79. The van der Waals surface area contributed by atoms with Crippen molar-refractivity contribution in [3.8, 4) is 23.0 Å². The van der Waals surface area contributed by atoms with Crippen molar-refractivity contribution in [2.24, 2.45) is 5.73 Å². The fourth-order valence-electron chi connectivity index (χ4n) is 4.11. The molecule has 0 atom stereocenters. The monoisotopic (exact) mass is 537 g/mol. The third-order valence-corrected chi connectivity index (χ3v) is 6.27. The number of rotatable bonds is 4. The number of nitrogens with one attached hydrogen (secondary N) is 2. The van der Waals surface area contributed by atoms with E-state index in [2.05, 4.69) is 44.8 Å². The Morgan fingerprint density at radius 2 is 1.82 bits per heavy atom. The topological polar surface area (TPSA) is 134 Å². The first kappa shape index (κ1) is 29.1. The molecule has 39 heavy (non-hydrogen) atoms. The van der Waals surface area contributed by atoms with Gasteiger partial charge in [0, 0.05) is 11.6 Å². The molecular formula is C28H30F3N7O. The average molecular weight is 538 g/mol. The molecule has 204 valence electrons. The number of likely N-dealkylation sites (tertiary alicyclic amines) is 1. The fraction of sp³-hybridized carbons (Fsp3) is 0.286. The molecule has 2 heterocycles. The highest BCUT2D eigenvalue weighted by Crippen LogP contribution is 2.32. The Bertz CT molecular complexity index is 1390. The molecule has 0 aliphatic carbocycles. The standard InChI is InChI=1S/C27H27F3N6.CH3NO/c1-17-6-7-20(19-4-3-5-21(15-19)27(28,29)30)14-18(17)8-9-23(31)24-25(32)33-16-34-26(24)35-22-10-12-36(2)13-11-22;2-1-3/h3-7,14-16,22,31H,10-13H2,1-2H3,(H3,32,33,34,35);1H,(H2,2,3). The van der Waals surface area contributed by atoms with E-state index in [-0.39, 0.29) is 24.0 Å². The van der Waals surface area contributed by atoms with Crippen LogP contribution in [0.25, 0.3) is 11.1 Å². The Kier molecular flexibility index (Phi) is 9.62. The second-order valence-corrected chi connectivity index (χ2v) is 9.07. The first-order valence-corrected chi connectivity index (χ1v) is 12.1. The zero-order valence-electron chi connectivity index (χ0n) is 21.6. The minimum Gasteiger partial charge on any atom is -0.383 e. The molecule has 1 aliphatic rings. The average Bonchev–Trinajstić information content (AvgIpc) is 2.89. The number of hydrogen-bond acceptors (Lipinski definition) is 7. The van der Waals surface area contributed by atoms with Crippen LogP contribution in [0.15, 0.2) is 48.8 Å².